The van der Waals surface area contributed by atoms with Crippen molar-refractivity contribution in [1.29, 1.82) is 0 Å². The molecule has 104 valence electrons. The maximum absolute atomic E-state index is 11.6. The zero-order chi connectivity index (χ0) is 14.1. The Morgan fingerprint density at radius 1 is 1.40 bits per heavy atom. The van der Waals surface area contributed by atoms with Crippen LogP contribution in [-0.2, 0) is 0 Å². The quantitative estimate of drug-likeness (QED) is 0.925. The molecule has 20 heavy (non-hydrogen) atoms. The minimum absolute atomic E-state index is 0.0687. The molecular formula is C14H13ClN2O2S. The molecule has 0 saturated carbocycles. The van der Waals surface area contributed by atoms with Gasteiger partial charge in [-0.05, 0) is 30.3 Å². The van der Waals surface area contributed by atoms with Gasteiger partial charge in [-0.3, -0.25) is 4.79 Å². The Kier molecular flexibility index (Phi) is 3.54. The summed E-state index contributed by atoms with van der Waals surface area (Å²) in [5.74, 6) is 0.747. The Morgan fingerprint density at radius 3 is 3.05 bits per heavy atom. The van der Waals surface area contributed by atoms with Gasteiger partial charge < -0.3 is 15.0 Å². The normalized spacial score (nSPS) is 13.6. The van der Waals surface area contributed by atoms with Crippen LogP contribution in [0.2, 0.25) is 5.02 Å². The number of amides is 1. The molecule has 4 nitrogen and oxygen atoms in total. The van der Waals surface area contributed by atoms with E-state index in [0.717, 1.165) is 23.0 Å². The second-order valence-electron chi connectivity index (χ2n) is 4.33. The summed E-state index contributed by atoms with van der Waals surface area (Å²) in [6.45, 7) is 1.35. The molecule has 1 N–H and O–H groups in total. The number of hydrogen-bond donors (Lipinski definition) is 1. The lowest BCUT2D eigenvalue weighted by atomic mass is 10.2. The average molecular weight is 309 g/mol. The summed E-state index contributed by atoms with van der Waals surface area (Å²) in [4.78, 5) is 14.5. The fourth-order valence-electron chi connectivity index (χ4n) is 2.14. The van der Waals surface area contributed by atoms with E-state index in [1.165, 1.54) is 11.3 Å². The van der Waals surface area contributed by atoms with E-state index in [4.69, 9.17) is 16.3 Å². The van der Waals surface area contributed by atoms with Gasteiger partial charge in [0.05, 0.1) is 22.1 Å². The first-order valence-corrected chi connectivity index (χ1v) is 7.40. The first kappa shape index (κ1) is 13.3. The van der Waals surface area contributed by atoms with Gasteiger partial charge in [0.2, 0.25) is 0 Å². The number of nitrogens with one attached hydrogen (secondary N) is 1. The summed E-state index contributed by atoms with van der Waals surface area (Å²) in [5.41, 5.74) is 0.939. The Morgan fingerprint density at radius 2 is 2.25 bits per heavy atom. The third kappa shape index (κ3) is 2.34. The summed E-state index contributed by atoms with van der Waals surface area (Å²) >= 11 is 7.52. The van der Waals surface area contributed by atoms with Gasteiger partial charge in [-0.15, -0.1) is 11.3 Å². The summed E-state index contributed by atoms with van der Waals surface area (Å²) in [6, 6.07) is 9.35. The molecule has 1 aromatic heterocycles. The highest BCUT2D eigenvalue weighted by atomic mass is 35.5. The number of ether oxygens (including phenoxy) is 1. The Labute approximate surface area is 125 Å². The van der Waals surface area contributed by atoms with Gasteiger partial charge >= 0.3 is 0 Å². The fourth-order valence-corrected chi connectivity index (χ4v) is 3.30. The number of carbonyl (C=O) groups excluding carboxylic acids is 1. The summed E-state index contributed by atoms with van der Waals surface area (Å²) in [5, 5.41) is 4.31. The zero-order valence-corrected chi connectivity index (χ0v) is 12.4. The SMILES string of the molecule is CNC(=O)c1ccc(N2CCOc3ccc(Cl)cc32)s1. The van der Waals surface area contributed by atoms with E-state index in [1.54, 1.807) is 7.05 Å². The van der Waals surface area contributed by atoms with Gasteiger partial charge in [0.25, 0.3) is 5.91 Å². The number of benzene rings is 1. The summed E-state index contributed by atoms with van der Waals surface area (Å²) in [7, 11) is 1.63. The Hall–Kier alpha value is -1.72. The maximum Gasteiger partial charge on any atom is 0.261 e. The topological polar surface area (TPSA) is 41.6 Å². The Bertz CT molecular complexity index is 656. The van der Waals surface area contributed by atoms with Gasteiger partial charge in [-0.1, -0.05) is 11.6 Å². The lowest BCUT2D eigenvalue weighted by molar-refractivity contribution is 0.0967. The molecular weight excluding hydrogens is 296 g/mol. The monoisotopic (exact) mass is 308 g/mol. The van der Waals surface area contributed by atoms with Crippen molar-refractivity contribution in [1.82, 2.24) is 5.32 Å². The van der Waals surface area contributed by atoms with E-state index in [2.05, 4.69) is 10.2 Å². The van der Waals surface area contributed by atoms with Crippen molar-refractivity contribution in [3.05, 3.63) is 40.2 Å². The van der Waals surface area contributed by atoms with Gasteiger partial charge in [0.1, 0.15) is 12.4 Å². The maximum atomic E-state index is 11.6. The van der Waals surface area contributed by atoms with Crippen LogP contribution in [-0.4, -0.2) is 26.1 Å². The van der Waals surface area contributed by atoms with Crippen molar-refractivity contribution in [3.8, 4) is 5.75 Å². The minimum Gasteiger partial charge on any atom is -0.490 e. The Balaban J connectivity index is 1.98. The highest BCUT2D eigenvalue weighted by Crippen LogP contribution is 2.40. The average Bonchev–Trinajstić information content (AvgIpc) is 2.95. The molecule has 2 aromatic rings. The van der Waals surface area contributed by atoms with Crippen LogP contribution in [0.25, 0.3) is 0 Å². The highest BCUT2D eigenvalue weighted by molar-refractivity contribution is 7.18. The van der Waals surface area contributed by atoms with E-state index >= 15 is 0 Å². The molecule has 0 radical (unpaired) electrons. The van der Waals surface area contributed by atoms with E-state index in [-0.39, 0.29) is 5.91 Å². The molecule has 1 aromatic carbocycles. The number of halogens is 1. The first-order valence-electron chi connectivity index (χ1n) is 6.21. The summed E-state index contributed by atoms with van der Waals surface area (Å²) in [6.07, 6.45) is 0. The standard InChI is InChI=1S/C14H13ClN2O2S/c1-16-14(18)12-4-5-13(20-12)17-6-7-19-11-3-2-9(15)8-10(11)17/h2-5,8H,6-7H2,1H3,(H,16,18). The van der Waals surface area contributed by atoms with E-state index in [9.17, 15) is 4.79 Å². The molecule has 1 aliphatic rings. The van der Waals surface area contributed by atoms with Crippen LogP contribution in [0.15, 0.2) is 30.3 Å². The summed E-state index contributed by atoms with van der Waals surface area (Å²) < 4.78 is 5.63. The smallest absolute Gasteiger partial charge is 0.261 e. The third-order valence-electron chi connectivity index (χ3n) is 3.09. The number of nitrogens with zero attached hydrogens (tertiary/aromatic N) is 1. The molecule has 0 unspecified atom stereocenters. The molecule has 1 aliphatic heterocycles. The molecule has 0 bridgehead atoms. The lowest BCUT2D eigenvalue weighted by Crippen LogP contribution is -2.27. The lowest BCUT2D eigenvalue weighted by Gasteiger charge is -2.30. The predicted molar refractivity (Wildman–Crippen MR) is 81.7 cm³/mol. The van der Waals surface area contributed by atoms with Crippen LogP contribution in [0.4, 0.5) is 10.7 Å². The molecule has 0 aliphatic carbocycles. The van der Waals surface area contributed by atoms with Crippen LogP contribution in [0.5, 0.6) is 5.75 Å². The van der Waals surface area contributed by atoms with Crippen molar-refractivity contribution < 1.29 is 9.53 Å². The third-order valence-corrected chi connectivity index (χ3v) is 4.44. The van der Waals surface area contributed by atoms with Gasteiger partial charge in [0.15, 0.2) is 0 Å². The second kappa shape index (κ2) is 5.34. The molecule has 0 fully saturated rings. The van der Waals surface area contributed by atoms with Crippen LogP contribution < -0.4 is 15.0 Å². The molecule has 2 heterocycles. The second-order valence-corrected chi connectivity index (χ2v) is 5.83. The van der Waals surface area contributed by atoms with Gasteiger partial charge in [-0.25, -0.2) is 0 Å². The molecule has 0 saturated heterocycles. The van der Waals surface area contributed by atoms with Crippen molar-refractivity contribution in [2.75, 3.05) is 25.1 Å². The highest BCUT2D eigenvalue weighted by Gasteiger charge is 2.21. The van der Waals surface area contributed by atoms with Crippen LogP contribution in [0, 0.1) is 0 Å². The molecule has 1 amide bonds. The molecule has 0 spiro atoms. The van der Waals surface area contributed by atoms with Crippen molar-refractivity contribution in [3.63, 3.8) is 0 Å². The van der Waals surface area contributed by atoms with Gasteiger partial charge in [-0.2, -0.15) is 0 Å². The van der Waals surface area contributed by atoms with E-state index in [1.807, 2.05) is 30.3 Å². The van der Waals surface area contributed by atoms with E-state index in [0.29, 0.717) is 16.5 Å². The zero-order valence-electron chi connectivity index (χ0n) is 10.9. The predicted octanol–water partition coefficient (Wildman–Crippen LogP) is 3.29. The number of fused-ring (bicyclic) bond motifs is 1. The van der Waals surface area contributed by atoms with Crippen LogP contribution in [0.1, 0.15) is 9.67 Å². The fraction of sp³-hybridized carbons (Fsp3) is 0.214. The number of carbonyl (C=O) groups is 1. The van der Waals surface area contributed by atoms with Crippen LogP contribution >= 0.6 is 22.9 Å². The first-order chi connectivity index (χ1) is 9.69. The van der Waals surface area contributed by atoms with Gasteiger partial charge in [0, 0.05) is 12.1 Å². The van der Waals surface area contributed by atoms with Crippen molar-refractivity contribution >= 4 is 39.5 Å². The largest absolute Gasteiger partial charge is 0.490 e. The van der Waals surface area contributed by atoms with E-state index < -0.39 is 0 Å². The molecule has 6 heteroatoms. The van der Waals surface area contributed by atoms with Crippen molar-refractivity contribution in [2.45, 2.75) is 0 Å². The molecule has 3 rings (SSSR count). The number of thiophene rings is 1. The van der Waals surface area contributed by atoms with Crippen LogP contribution in [0.3, 0.4) is 0 Å². The number of rotatable bonds is 2. The number of hydrogen-bond acceptors (Lipinski definition) is 4. The number of anilines is 2. The molecule has 0 atom stereocenters. The minimum atomic E-state index is -0.0687. The van der Waals surface area contributed by atoms with Crippen molar-refractivity contribution in [2.24, 2.45) is 0 Å².